The maximum atomic E-state index is 8.69. The summed E-state index contributed by atoms with van der Waals surface area (Å²) in [5.74, 6) is 0.625. The van der Waals surface area contributed by atoms with E-state index in [-0.39, 0.29) is 0 Å². The van der Waals surface area contributed by atoms with Crippen LogP contribution < -0.4 is 0 Å². The average molecular weight is 200 g/mol. The van der Waals surface area contributed by atoms with E-state index >= 15 is 0 Å². The highest BCUT2D eigenvalue weighted by atomic mass is 14.7. The Balaban J connectivity index is 2.10. The van der Waals surface area contributed by atoms with Crippen molar-refractivity contribution in [1.82, 2.24) is 4.98 Å². The second kappa shape index (κ2) is 4.93. The maximum Gasteiger partial charge on any atom is 0.101 e. The van der Waals surface area contributed by atoms with Crippen LogP contribution >= 0.6 is 0 Å². The number of hydrogen-bond acceptors (Lipinski definition) is 2. The van der Waals surface area contributed by atoms with E-state index in [9.17, 15) is 0 Å². The molecular weight excluding hydrogens is 184 g/mol. The van der Waals surface area contributed by atoms with Gasteiger partial charge < -0.3 is 0 Å². The van der Waals surface area contributed by atoms with Crippen molar-refractivity contribution in [1.29, 1.82) is 5.26 Å². The van der Waals surface area contributed by atoms with Crippen LogP contribution in [0.15, 0.2) is 18.3 Å². The zero-order valence-electron chi connectivity index (χ0n) is 8.95. The van der Waals surface area contributed by atoms with E-state index in [0.29, 0.717) is 11.5 Å². The van der Waals surface area contributed by atoms with E-state index in [1.54, 1.807) is 6.20 Å². The molecule has 2 heteroatoms. The Morgan fingerprint density at radius 3 is 2.40 bits per heavy atom. The maximum absolute atomic E-state index is 8.69. The van der Waals surface area contributed by atoms with Gasteiger partial charge in [0.1, 0.15) is 6.07 Å². The van der Waals surface area contributed by atoms with E-state index in [1.165, 1.54) is 44.2 Å². The lowest BCUT2D eigenvalue weighted by Crippen LogP contribution is -2.00. The van der Waals surface area contributed by atoms with Crippen LogP contribution in [-0.2, 0) is 0 Å². The second-order valence-corrected chi connectivity index (χ2v) is 4.27. The summed E-state index contributed by atoms with van der Waals surface area (Å²) in [6.45, 7) is 0. The monoisotopic (exact) mass is 200 g/mol. The summed E-state index contributed by atoms with van der Waals surface area (Å²) >= 11 is 0. The van der Waals surface area contributed by atoms with Crippen molar-refractivity contribution >= 4 is 0 Å². The van der Waals surface area contributed by atoms with E-state index in [2.05, 4.69) is 11.1 Å². The molecule has 0 atom stereocenters. The minimum absolute atomic E-state index is 0.625. The van der Waals surface area contributed by atoms with Crippen molar-refractivity contribution in [3.63, 3.8) is 0 Å². The van der Waals surface area contributed by atoms with Gasteiger partial charge in [-0.15, -0.1) is 0 Å². The second-order valence-electron chi connectivity index (χ2n) is 4.27. The number of aromatic nitrogens is 1. The van der Waals surface area contributed by atoms with Gasteiger partial charge in [0.2, 0.25) is 0 Å². The number of rotatable bonds is 1. The summed E-state index contributed by atoms with van der Waals surface area (Å²) in [6, 6.07) is 6.01. The molecule has 0 saturated heterocycles. The first-order chi connectivity index (χ1) is 7.40. The molecule has 1 heterocycles. The molecule has 15 heavy (non-hydrogen) atoms. The van der Waals surface area contributed by atoms with Crippen LogP contribution in [-0.4, -0.2) is 4.98 Å². The summed E-state index contributed by atoms with van der Waals surface area (Å²) in [4.78, 5) is 4.39. The standard InChI is InChI=1S/C13H16N2/c14-9-11-7-8-13(15-10-11)12-5-3-1-2-4-6-12/h7-8,10,12H,1-6H2. The van der Waals surface area contributed by atoms with Crippen molar-refractivity contribution < 1.29 is 0 Å². The number of nitrogens with zero attached hydrogens (tertiary/aromatic N) is 2. The molecule has 0 radical (unpaired) electrons. The van der Waals surface area contributed by atoms with Gasteiger partial charge in [0, 0.05) is 17.8 Å². The molecule has 1 fully saturated rings. The number of nitriles is 1. The molecule has 0 amide bonds. The lowest BCUT2D eigenvalue weighted by Gasteiger charge is -2.12. The van der Waals surface area contributed by atoms with Crippen LogP contribution in [0.2, 0.25) is 0 Å². The van der Waals surface area contributed by atoms with Crippen molar-refractivity contribution in [3.8, 4) is 6.07 Å². The van der Waals surface area contributed by atoms with Gasteiger partial charge in [-0.25, -0.2) is 0 Å². The molecule has 2 nitrogen and oxygen atoms in total. The van der Waals surface area contributed by atoms with Crippen LogP contribution in [0.25, 0.3) is 0 Å². The Morgan fingerprint density at radius 2 is 1.87 bits per heavy atom. The zero-order valence-corrected chi connectivity index (χ0v) is 8.95. The van der Waals surface area contributed by atoms with Crippen molar-refractivity contribution in [2.45, 2.75) is 44.4 Å². The van der Waals surface area contributed by atoms with E-state index in [4.69, 9.17) is 5.26 Å². The van der Waals surface area contributed by atoms with Crippen molar-refractivity contribution in [2.75, 3.05) is 0 Å². The lowest BCUT2D eigenvalue weighted by molar-refractivity contribution is 0.577. The average Bonchev–Trinajstić information content (AvgIpc) is 2.58. The molecule has 0 spiro atoms. The molecular formula is C13H16N2. The van der Waals surface area contributed by atoms with Crippen LogP contribution in [0.4, 0.5) is 0 Å². The first kappa shape index (κ1) is 10.2. The third-order valence-corrected chi connectivity index (χ3v) is 3.19. The smallest absolute Gasteiger partial charge is 0.101 e. The Bertz CT molecular complexity index is 340. The van der Waals surface area contributed by atoms with Crippen LogP contribution in [0.1, 0.15) is 55.7 Å². The van der Waals surface area contributed by atoms with Gasteiger partial charge in [0.05, 0.1) is 5.56 Å². The molecule has 0 aliphatic heterocycles. The zero-order chi connectivity index (χ0) is 10.5. The largest absolute Gasteiger partial charge is 0.260 e. The summed E-state index contributed by atoms with van der Waals surface area (Å²) in [6.07, 6.45) is 9.61. The lowest BCUT2D eigenvalue weighted by atomic mass is 9.96. The van der Waals surface area contributed by atoms with Crippen molar-refractivity contribution in [3.05, 3.63) is 29.6 Å². The summed E-state index contributed by atoms with van der Waals surface area (Å²) in [7, 11) is 0. The minimum Gasteiger partial charge on any atom is -0.260 e. The summed E-state index contributed by atoms with van der Waals surface area (Å²) in [5, 5.41) is 8.69. The fourth-order valence-corrected chi connectivity index (χ4v) is 2.29. The van der Waals surface area contributed by atoms with E-state index in [1.807, 2.05) is 12.1 Å². The summed E-state index contributed by atoms with van der Waals surface area (Å²) in [5.41, 5.74) is 1.84. The fraction of sp³-hybridized carbons (Fsp3) is 0.538. The van der Waals surface area contributed by atoms with Gasteiger partial charge in [0.25, 0.3) is 0 Å². The quantitative estimate of drug-likeness (QED) is 0.651. The Labute approximate surface area is 91.0 Å². The molecule has 0 aromatic carbocycles. The van der Waals surface area contributed by atoms with Crippen LogP contribution in [0, 0.1) is 11.3 Å². The molecule has 0 bridgehead atoms. The Morgan fingerprint density at radius 1 is 1.13 bits per heavy atom. The molecule has 2 rings (SSSR count). The van der Waals surface area contributed by atoms with E-state index < -0.39 is 0 Å². The van der Waals surface area contributed by atoms with E-state index in [0.717, 1.165) is 0 Å². The van der Waals surface area contributed by atoms with Gasteiger partial charge in [-0.2, -0.15) is 5.26 Å². The Kier molecular flexibility index (Phi) is 3.34. The van der Waals surface area contributed by atoms with Crippen LogP contribution in [0.3, 0.4) is 0 Å². The van der Waals surface area contributed by atoms with Crippen molar-refractivity contribution in [2.24, 2.45) is 0 Å². The predicted octanol–water partition coefficient (Wildman–Crippen LogP) is 3.39. The molecule has 1 aliphatic carbocycles. The normalized spacial score (nSPS) is 18.1. The van der Waals surface area contributed by atoms with Gasteiger partial charge in [-0.1, -0.05) is 25.7 Å². The summed E-state index contributed by atoms with van der Waals surface area (Å²) < 4.78 is 0. The predicted molar refractivity (Wildman–Crippen MR) is 59.4 cm³/mol. The van der Waals surface area contributed by atoms with Gasteiger partial charge >= 0.3 is 0 Å². The van der Waals surface area contributed by atoms with Gasteiger partial charge in [-0.05, 0) is 25.0 Å². The highest BCUT2D eigenvalue weighted by molar-refractivity contribution is 5.27. The molecule has 0 N–H and O–H groups in total. The van der Waals surface area contributed by atoms with Crippen LogP contribution in [0.5, 0.6) is 0 Å². The highest BCUT2D eigenvalue weighted by Crippen LogP contribution is 2.30. The highest BCUT2D eigenvalue weighted by Gasteiger charge is 2.15. The molecule has 1 saturated carbocycles. The molecule has 78 valence electrons. The first-order valence-corrected chi connectivity index (χ1v) is 5.76. The molecule has 1 aromatic rings. The number of hydrogen-bond donors (Lipinski definition) is 0. The fourth-order valence-electron chi connectivity index (χ4n) is 2.29. The number of pyridine rings is 1. The first-order valence-electron chi connectivity index (χ1n) is 5.76. The SMILES string of the molecule is N#Cc1ccc(C2CCCCCC2)nc1. The third-order valence-electron chi connectivity index (χ3n) is 3.19. The third kappa shape index (κ3) is 2.56. The molecule has 1 aliphatic rings. The topological polar surface area (TPSA) is 36.7 Å². The Hall–Kier alpha value is -1.36. The molecule has 0 unspecified atom stereocenters. The van der Waals surface area contributed by atoms with Gasteiger partial charge in [-0.3, -0.25) is 4.98 Å². The minimum atomic E-state index is 0.625. The van der Waals surface area contributed by atoms with Gasteiger partial charge in [0.15, 0.2) is 0 Å². The molecule has 1 aromatic heterocycles.